The van der Waals surface area contributed by atoms with E-state index in [9.17, 15) is 21.6 Å². The number of carbonyl (C=O) groups is 1. The Morgan fingerprint density at radius 3 is 1.57 bits per heavy atom. The van der Waals surface area contributed by atoms with Crippen LogP contribution in [0.15, 0.2) is 109 Å². The summed E-state index contributed by atoms with van der Waals surface area (Å²) in [4.78, 5) is 12.6. The molecule has 0 aliphatic rings. The van der Waals surface area contributed by atoms with Gasteiger partial charge in [-0.25, -0.2) is 4.79 Å². The lowest BCUT2D eigenvalue weighted by molar-refractivity contribution is 0.262. The van der Waals surface area contributed by atoms with Crippen LogP contribution in [0.4, 0.5) is 16.2 Å². The van der Waals surface area contributed by atoms with Crippen molar-refractivity contribution in [2.24, 2.45) is 0 Å². The van der Waals surface area contributed by atoms with E-state index in [1.165, 1.54) is 36.4 Å². The van der Waals surface area contributed by atoms with E-state index in [2.05, 4.69) is 10.6 Å². The molecule has 0 bridgehead atoms. The highest BCUT2D eigenvalue weighted by Gasteiger charge is 2.29. The van der Waals surface area contributed by atoms with Crippen LogP contribution in [0, 0.1) is 0 Å². The van der Waals surface area contributed by atoms with Crippen molar-refractivity contribution in [3.05, 3.63) is 120 Å². The van der Waals surface area contributed by atoms with Gasteiger partial charge in [0.05, 0.1) is 0 Å². The zero-order chi connectivity index (χ0) is 30.2. The molecule has 9 nitrogen and oxygen atoms in total. The Morgan fingerprint density at radius 1 is 0.595 bits per heavy atom. The quantitative estimate of drug-likeness (QED) is 0.165. The Bertz CT molecular complexity index is 1700. The van der Waals surface area contributed by atoms with E-state index < -0.39 is 36.8 Å². The minimum absolute atomic E-state index is 0.0609. The van der Waals surface area contributed by atoms with Crippen LogP contribution in [0.5, 0.6) is 11.5 Å². The third-order valence-corrected chi connectivity index (χ3v) is 9.86. The second kappa shape index (κ2) is 13.5. The van der Waals surface area contributed by atoms with Crippen LogP contribution >= 0.6 is 0 Å². The summed E-state index contributed by atoms with van der Waals surface area (Å²) in [5.41, 5.74) is 1.97. The van der Waals surface area contributed by atoms with Crippen LogP contribution in [0.2, 0.25) is 0 Å². The molecule has 2 atom stereocenters. The molecular formula is C31H32N2O7S2. The summed E-state index contributed by atoms with van der Waals surface area (Å²) >= 11 is 0. The van der Waals surface area contributed by atoms with Crippen LogP contribution in [0.25, 0.3) is 0 Å². The van der Waals surface area contributed by atoms with E-state index in [1.54, 1.807) is 74.5 Å². The highest BCUT2D eigenvalue weighted by molar-refractivity contribution is 7.87. The molecule has 220 valence electrons. The van der Waals surface area contributed by atoms with Gasteiger partial charge >= 0.3 is 26.3 Å². The van der Waals surface area contributed by atoms with Gasteiger partial charge in [-0.3, -0.25) is 0 Å². The number of urea groups is 1. The zero-order valence-corrected chi connectivity index (χ0v) is 24.8. The molecule has 2 N–H and O–H groups in total. The molecular weight excluding hydrogens is 576 g/mol. The van der Waals surface area contributed by atoms with Crippen molar-refractivity contribution in [1.82, 2.24) is 0 Å². The first-order valence-corrected chi connectivity index (χ1v) is 16.3. The molecule has 0 saturated heterocycles. The fourth-order valence-corrected chi connectivity index (χ4v) is 7.23. The van der Waals surface area contributed by atoms with Crippen molar-refractivity contribution in [3.8, 4) is 11.5 Å². The molecule has 0 aliphatic heterocycles. The molecule has 0 aromatic heterocycles. The lowest BCUT2D eigenvalue weighted by Crippen LogP contribution is -2.20. The Hall–Kier alpha value is -4.35. The maximum absolute atomic E-state index is 13.0. The summed E-state index contributed by atoms with van der Waals surface area (Å²) in [5, 5.41) is 3.62. The summed E-state index contributed by atoms with van der Waals surface area (Å²) in [6.07, 6.45) is 0.672. The number of benzene rings is 4. The normalized spacial score (nSPS) is 13.0. The summed E-state index contributed by atoms with van der Waals surface area (Å²) < 4.78 is 62.5. The molecule has 2 unspecified atom stereocenters. The van der Waals surface area contributed by atoms with Crippen LogP contribution in [-0.4, -0.2) is 22.9 Å². The van der Waals surface area contributed by atoms with Gasteiger partial charge in [0, 0.05) is 17.4 Å². The van der Waals surface area contributed by atoms with E-state index in [1.807, 2.05) is 12.1 Å². The lowest BCUT2D eigenvalue weighted by atomic mass is 10.1. The Balaban J connectivity index is 1.37. The topological polar surface area (TPSA) is 128 Å². The molecule has 2 amide bonds. The van der Waals surface area contributed by atoms with Crippen molar-refractivity contribution in [2.45, 2.75) is 37.2 Å². The van der Waals surface area contributed by atoms with E-state index in [4.69, 9.17) is 8.37 Å². The fraction of sp³-hybridized carbons (Fsp3) is 0.194. The Morgan fingerprint density at radius 2 is 1.07 bits per heavy atom. The first-order chi connectivity index (χ1) is 20.1. The second-order valence-corrected chi connectivity index (χ2v) is 12.8. The molecule has 4 rings (SSSR count). The smallest absolute Gasteiger partial charge is 0.323 e. The Labute approximate surface area is 246 Å². The van der Waals surface area contributed by atoms with Crippen molar-refractivity contribution in [3.63, 3.8) is 0 Å². The van der Waals surface area contributed by atoms with Crippen LogP contribution in [-0.2, 0) is 20.2 Å². The molecule has 0 heterocycles. The summed E-state index contributed by atoms with van der Waals surface area (Å²) in [5.74, 6) is 0.174. The molecule has 0 fully saturated rings. The molecule has 4 aromatic carbocycles. The molecule has 4 aromatic rings. The SMILES string of the molecule is CCC(c1ccccc1)S(=O)(=O)Oc1ccc(NC(=O)Nc2cccc(OS(=O)(=O)C(CC)c3ccccc3)c2)cc1. The third-order valence-electron chi connectivity index (χ3n) is 6.41. The number of hydrogen-bond acceptors (Lipinski definition) is 7. The number of hydrogen-bond donors (Lipinski definition) is 2. The van der Waals surface area contributed by atoms with Crippen LogP contribution in [0.1, 0.15) is 48.3 Å². The molecule has 0 radical (unpaired) electrons. The number of nitrogens with one attached hydrogen (secondary N) is 2. The molecule has 42 heavy (non-hydrogen) atoms. The predicted molar refractivity (Wildman–Crippen MR) is 164 cm³/mol. The first kappa shape index (κ1) is 30.6. The van der Waals surface area contributed by atoms with Crippen LogP contribution < -0.4 is 19.0 Å². The zero-order valence-electron chi connectivity index (χ0n) is 23.1. The largest absolute Gasteiger partial charge is 0.382 e. The van der Waals surface area contributed by atoms with Crippen molar-refractivity contribution >= 4 is 37.6 Å². The lowest BCUT2D eigenvalue weighted by Gasteiger charge is -2.17. The van der Waals surface area contributed by atoms with Crippen LogP contribution in [0.3, 0.4) is 0 Å². The minimum Gasteiger partial charge on any atom is -0.382 e. The summed E-state index contributed by atoms with van der Waals surface area (Å²) in [7, 11) is -7.95. The van der Waals surface area contributed by atoms with Gasteiger partial charge in [0.2, 0.25) is 0 Å². The van der Waals surface area contributed by atoms with E-state index in [0.717, 1.165) is 0 Å². The second-order valence-electron chi connectivity index (χ2n) is 9.40. The third kappa shape index (κ3) is 7.89. The van der Waals surface area contributed by atoms with Gasteiger partial charge in [-0.2, -0.15) is 16.8 Å². The average Bonchev–Trinajstić information content (AvgIpc) is 2.95. The van der Waals surface area contributed by atoms with Gasteiger partial charge < -0.3 is 19.0 Å². The maximum atomic E-state index is 13.0. The summed E-state index contributed by atoms with van der Waals surface area (Å²) in [6.45, 7) is 3.54. The predicted octanol–water partition coefficient (Wildman–Crippen LogP) is 7.05. The fourth-order valence-electron chi connectivity index (χ4n) is 4.45. The number of anilines is 2. The Kier molecular flexibility index (Phi) is 9.87. The highest BCUT2D eigenvalue weighted by Crippen LogP contribution is 2.31. The molecule has 0 aliphatic carbocycles. The van der Waals surface area contributed by atoms with Crippen molar-refractivity contribution in [1.29, 1.82) is 0 Å². The molecule has 0 saturated carbocycles. The van der Waals surface area contributed by atoms with Gasteiger partial charge in [-0.05, 0) is 60.4 Å². The van der Waals surface area contributed by atoms with E-state index in [-0.39, 0.29) is 11.5 Å². The van der Waals surface area contributed by atoms with Gasteiger partial charge in [-0.15, -0.1) is 0 Å². The van der Waals surface area contributed by atoms with Gasteiger partial charge in [-0.1, -0.05) is 80.6 Å². The monoisotopic (exact) mass is 608 g/mol. The number of amides is 2. The maximum Gasteiger partial charge on any atom is 0.323 e. The first-order valence-electron chi connectivity index (χ1n) is 13.4. The van der Waals surface area contributed by atoms with E-state index in [0.29, 0.717) is 35.3 Å². The minimum atomic E-state index is -4.00. The highest BCUT2D eigenvalue weighted by atomic mass is 32.2. The van der Waals surface area contributed by atoms with Crippen molar-refractivity contribution < 1.29 is 30.0 Å². The average molecular weight is 609 g/mol. The number of carbonyl (C=O) groups excluding carboxylic acids is 1. The number of rotatable bonds is 12. The molecule has 0 spiro atoms. The van der Waals surface area contributed by atoms with E-state index >= 15 is 0 Å². The van der Waals surface area contributed by atoms with Gasteiger partial charge in [0.15, 0.2) is 0 Å². The standard InChI is InChI=1S/C31H32N2O7S2/c1-3-29(23-12-7-5-8-13-23)41(35,36)39-27-20-18-25(19-21-27)32-31(34)33-26-16-11-17-28(22-26)40-42(37,38)30(4-2)24-14-9-6-10-15-24/h5-22,29-30H,3-4H2,1-2H3,(H2,32,33,34). The summed E-state index contributed by atoms with van der Waals surface area (Å²) in [6, 6.07) is 29.1. The van der Waals surface area contributed by atoms with Gasteiger partial charge in [0.1, 0.15) is 22.0 Å². The van der Waals surface area contributed by atoms with Crippen molar-refractivity contribution in [2.75, 3.05) is 10.6 Å². The molecule has 11 heteroatoms. The van der Waals surface area contributed by atoms with Gasteiger partial charge in [0.25, 0.3) is 0 Å².